The molecule has 1 saturated heterocycles. The van der Waals surface area contributed by atoms with Crippen LogP contribution in [-0.2, 0) is 4.79 Å². The van der Waals surface area contributed by atoms with Crippen molar-refractivity contribution in [2.24, 2.45) is 0 Å². The van der Waals surface area contributed by atoms with Crippen LogP contribution in [0.15, 0.2) is 10.6 Å². The fraction of sp³-hybridized carbons (Fsp3) is 0.667. The smallest absolute Gasteiger partial charge is 0.242 e. The number of hydrogen-bond donors (Lipinski definition) is 1. The number of nitrogens with one attached hydrogen (secondary N) is 1. The lowest BCUT2D eigenvalue weighted by Gasteiger charge is -2.32. The summed E-state index contributed by atoms with van der Waals surface area (Å²) in [6.45, 7) is 5.81. The fourth-order valence-corrected chi connectivity index (χ4v) is 3.06. The van der Waals surface area contributed by atoms with Crippen LogP contribution in [0.25, 0.3) is 0 Å². The molecule has 2 rings (SSSR count). The third-order valence-electron chi connectivity index (χ3n) is 3.06. The van der Waals surface area contributed by atoms with Gasteiger partial charge in [-0.25, -0.2) is 0 Å². The van der Waals surface area contributed by atoms with Crippen LogP contribution in [0.5, 0.6) is 0 Å². The molecule has 1 aromatic heterocycles. The van der Waals surface area contributed by atoms with Gasteiger partial charge in [-0.2, -0.15) is 11.8 Å². The minimum absolute atomic E-state index is 0.0118. The van der Waals surface area contributed by atoms with E-state index in [1.54, 1.807) is 6.07 Å². The molecule has 2 heterocycles. The summed E-state index contributed by atoms with van der Waals surface area (Å²) in [6, 6.07) is 1.67. The van der Waals surface area contributed by atoms with Crippen LogP contribution in [-0.4, -0.2) is 46.6 Å². The average Bonchev–Trinajstić information content (AvgIpc) is 2.77. The van der Waals surface area contributed by atoms with E-state index >= 15 is 0 Å². The normalized spacial score (nSPS) is 18.6. The summed E-state index contributed by atoms with van der Waals surface area (Å²) in [7, 11) is 0. The Kier molecular flexibility index (Phi) is 4.66. The maximum absolute atomic E-state index is 12.2. The van der Waals surface area contributed by atoms with E-state index in [1.165, 1.54) is 0 Å². The second-order valence-corrected chi connectivity index (χ2v) is 5.61. The highest BCUT2D eigenvalue weighted by molar-refractivity contribution is 7.99. The molecule has 5 nitrogen and oxygen atoms in total. The zero-order valence-electron chi connectivity index (χ0n) is 10.8. The van der Waals surface area contributed by atoms with Crippen LogP contribution >= 0.6 is 11.8 Å². The summed E-state index contributed by atoms with van der Waals surface area (Å²) in [6.07, 6.45) is 0.813. The molecular weight excluding hydrogens is 250 g/mol. The first kappa shape index (κ1) is 13.4. The predicted octanol–water partition coefficient (Wildman–Crippen LogP) is 1.75. The van der Waals surface area contributed by atoms with E-state index < -0.39 is 0 Å². The predicted molar refractivity (Wildman–Crippen MR) is 72.8 cm³/mol. The minimum atomic E-state index is -0.0668. The molecule has 0 aliphatic carbocycles. The van der Waals surface area contributed by atoms with Gasteiger partial charge in [-0.15, -0.1) is 0 Å². The first-order valence-corrected chi connectivity index (χ1v) is 7.42. The summed E-state index contributed by atoms with van der Waals surface area (Å²) in [5.41, 5.74) is 0. The second kappa shape index (κ2) is 6.24. The molecule has 100 valence electrons. The molecule has 1 aromatic rings. The standard InChI is InChI=1S/C12H19N3O2S/c1-3-10(15-4-6-18-7-5-15)12(16)13-11-8-9(2)17-14-11/h8,10H,3-7H2,1-2H3,(H,13,14,16). The Morgan fingerprint density at radius 1 is 1.61 bits per heavy atom. The molecule has 1 unspecified atom stereocenters. The van der Waals surface area contributed by atoms with E-state index in [9.17, 15) is 4.79 Å². The molecule has 1 aliphatic heterocycles. The van der Waals surface area contributed by atoms with Crippen LogP contribution in [0.2, 0.25) is 0 Å². The molecule has 0 spiro atoms. The minimum Gasteiger partial charge on any atom is -0.360 e. The van der Waals surface area contributed by atoms with Gasteiger partial charge in [0.25, 0.3) is 0 Å². The summed E-state index contributed by atoms with van der Waals surface area (Å²) in [5, 5.41) is 6.61. The van der Waals surface area contributed by atoms with Gasteiger partial charge in [0.1, 0.15) is 5.76 Å². The van der Waals surface area contributed by atoms with E-state index in [4.69, 9.17) is 4.52 Å². The maximum Gasteiger partial charge on any atom is 0.242 e. The van der Waals surface area contributed by atoms with Crippen molar-refractivity contribution in [3.63, 3.8) is 0 Å². The van der Waals surface area contributed by atoms with E-state index in [-0.39, 0.29) is 11.9 Å². The third kappa shape index (κ3) is 3.26. The van der Waals surface area contributed by atoms with Crippen molar-refractivity contribution in [2.45, 2.75) is 26.3 Å². The monoisotopic (exact) mass is 269 g/mol. The zero-order valence-corrected chi connectivity index (χ0v) is 11.6. The molecule has 6 heteroatoms. The lowest BCUT2D eigenvalue weighted by atomic mass is 10.1. The van der Waals surface area contributed by atoms with Crippen molar-refractivity contribution in [2.75, 3.05) is 29.9 Å². The number of amides is 1. The van der Waals surface area contributed by atoms with Gasteiger partial charge in [0, 0.05) is 30.7 Å². The number of thioether (sulfide) groups is 1. The van der Waals surface area contributed by atoms with Crippen molar-refractivity contribution in [3.8, 4) is 0 Å². The van der Waals surface area contributed by atoms with Crippen molar-refractivity contribution < 1.29 is 9.32 Å². The number of anilines is 1. The summed E-state index contributed by atoms with van der Waals surface area (Å²) in [4.78, 5) is 14.5. The first-order valence-electron chi connectivity index (χ1n) is 6.26. The number of hydrogen-bond acceptors (Lipinski definition) is 5. The van der Waals surface area contributed by atoms with E-state index in [1.807, 2.05) is 25.6 Å². The molecule has 1 aliphatic rings. The Hall–Kier alpha value is -1.01. The molecule has 0 saturated carbocycles. The quantitative estimate of drug-likeness (QED) is 0.902. The van der Waals surface area contributed by atoms with Crippen molar-refractivity contribution >= 4 is 23.5 Å². The molecule has 0 bridgehead atoms. The third-order valence-corrected chi connectivity index (χ3v) is 4.00. The lowest BCUT2D eigenvalue weighted by molar-refractivity contribution is -0.121. The van der Waals surface area contributed by atoms with Gasteiger partial charge in [0.2, 0.25) is 5.91 Å². The van der Waals surface area contributed by atoms with Crippen LogP contribution in [0.1, 0.15) is 19.1 Å². The summed E-state index contributed by atoms with van der Waals surface area (Å²) in [5.74, 6) is 3.42. The Bertz CT molecular complexity index is 402. The Morgan fingerprint density at radius 3 is 2.89 bits per heavy atom. The Morgan fingerprint density at radius 2 is 2.33 bits per heavy atom. The van der Waals surface area contributed by atoms with Gasteiger partial charge in [0.15, 0.2) is 5.82 Å². The summed E-state index contributed by atoms with van der Waals surface area (Å²) >= 11 is 1.94. The van der Waals surface area contributed by atoms with Gasteiger partial charge >= 0.3 is 0 Å². The van der Waals surface area contributed by atoms with Crippen molar-refractivity contribution in [1.29, 1.82) is 0 Å². The number of carbonyl (C=O) groups excluding carboxylic acids is 1. The van der Waals surface area contributed by atoms with Crippen LogP contribution < -0.4 is 5.32 Å². The van der Waals surface area contributed by atoms with Gasteiger partial charge in [-0.3, -0.25) is 9.69 Å². The Balaban J connectivity index is 1.96. The number of carbonyl (C=O) groups is 1. The molecule has 18 heavy (non-hydrogen) atoms. The average molecular weight is 269 g/mol. The highest BCUT2D eigenvalue weighted by Gasteiger charge is 2.26. The molecule has 1 fully saturated rings. The number of aryl methyl sites for hydroxylation is 1. The topological polar surface area (TPSA) is 58.4 Å². The largest absolute Gasteiger partial charge is 0.360 e. The van der Waals surface area contributed by atoms with E-state index in [2.05, 4.69) is 15.4 Å². The van der Waals surface area contributed by atoms with E-state index in [0.29, 0.717) is 11.6 Å². The highest BCUT2D eigenvalue weighted by atomic mass is 32.2. The molecule has 1 N–H and O–H groups in total. The first-order chi connectivity index (χ1) is 8.70. The van der Waals surface area contributed by atoms with Crippen LogP contribution in [0.4, 0.5) is 5.82 Å². The molecular formula is C12H19N3O2S. The van der Waals surface area contributed by atoms with Crippen LogP contribution in [0.3, 0.4) is 0 Å². The van der Waals surface area contributed by atoms with Gasteiger partial charge in [0.05, 0.1) is 6.04 Å². The molecule has 1 atom stereocenters. The SMILES string of the molecule is CCC(C(=O)Nc1cc(C)on1)N1CCSCC1. The lowest BCUT2D eigenvalue weighted by Crippen LogP contribution is -2.47. The maximum atomic E-state index is 12.2. The highest BCUT2D eigenvalue weighted by Crippen LogP contribution is 2.16. The van der Waals surface area contributed by atoms with Gasteiger partial charge < -0.3 is 9.84 Å². The number of rotatable bonds is 4. The molecule has 1 amide bonds. The fourth-order valence-electron chi connectivity index (χ4n) is 2.13. The number of nitrogens with zero attached hydrogens (tertiary/aromatic N) is 2. The van der Waals surface area contributed by atoms with Gasteiger partial charge in [-0.1, -0.05) is 12.1 Å². The Labute approximate surface area is 111 Å². The van der Waals surface area contributed by atoms with E-state index in [0.717, 1.165) is 31.0 Å². The number of aromatic nitrogens is 1. The van der Waals surface area contributed by atoms with Gasteiger partial charge in [-0.05, 0) is 13.3 Å². The van der Waals surface area contributed by atoms with Crippen molar-refractivity contribution in [1.82, 2.24) is 10.1 Å². The molecule has 0 aromatic carbocycles. The van der Waals surface area contributed by atoms with Crippen molar-refractivity contribution in [3.05, 3.63) is 11.8 Å². The molecule has 0 radical (unpaired) electrons. The second-order valence-electron chi connectivity index (χ2n) is 4.38. The zero-order chi connectivity index (χ0) is 13.0. The van der Waals surface area contributed by atoms with Crippen LogP contribution in [0, 0.1) is 6.92 Å². The summed E-state index contributed by atoms with van der Waals surface area (Å²) < 4.78 is 4.94.